The van der Waals surface area contributed by atoms with Gasteiger partial charge in [0, 0.05) is 10.9 Å². The van der Waals surface area contributed by atoms with Crippen LogP contribution in [0, 0.1) is 0 Å². The molecule has 0 aliphatic heterocycles. The van der Waals surface area contributed by atoms with Crippen molar-refractivity contribution in [3.63, 3.8) is 0 Å². The first-order valence-electron chi connectivity index (χ1n) is 5.19. The summed E-state index contributed by atoms with van der Waals surface area (Å²) in [5.74, 6) is -0.171. The molecule has 0 aromatic heterocycles. The Bertz CT molecular complexity index is 322. The molecule has 0 radical (unpaired) electrons. The van der Waals surface area contributed by atoms with Gasteiger partial charge in [-0.2, -0.15) is 0 Å². The lowest BCUT2D eigenvalue weighted by atomic mass is 10.2. The van der Waals surface area contributed by atoms with Crippen molar-refractivity contribution in [2.24, 2.45) is 0 Å². The maximum absolute atomic E-state index is 10.1. The lowest BCUT2D eigenvalue weighted by Crippen LogP contribution is -2.21. The third kappa shape index (κ3) is 5.07. The molecule has 16 heavy (non-hydrogen) atoms. The molecule has 0 aliphatic carbocycles. The number of ether oxygens (including phenoxy) is 1. The van der Waals surface area contributed by atoms with Crippen LogP contribution < -0.4 is 9.84 Å². The maximum atomic E-state index is 10.1. The van der Waals surface area contributed by atoms with E-state index in [2.05, 4.69) is 0 Å². The number of carboxylic acids is 1. The highest BCUT2D eigenvalue weighted by Gasteiger charge is 1.95. The molecule has 0 unspecified atom stereocenters. The summed E-state index contributed by atoms with van der Waals surface area (Å²) in [6.07, 6.45) is 3.47. The van der Waals surface area contributed by atoms with Gasteiger partial charge in [0.1, 0.15) is 5.75 Å². The first-order valence-corrected chi connectivity index (χ1v) is 6.41. The van der Waals surface area contributed by atoms with E-state index in [1.807, 2.05) is 30.5 Å². The first kappa shape index (κ1) is 12.9. The predicted octanol–water partition coefficient (Wildman–Crippen LogP) is 1.71. The number of carboxylic acid groups (broad SMARTS) is 1. The van der Waals surface area contributed by atoms with E-state index in [9.17, 15) is 9.90 Å². The van der Waals surface area contributed by atoms with Crippen molar-refractivity contribution >= 4 is 17.7 Å². The van der Waals surface area contributed by atoms with E-state index in [1.54, 1.807) is 11.8 Å². The molecule has 0 spiro atoms. The zero-order valence-electron chi connectivity index (χ0n) is 9.27. The molecule has 0 atom stereocenters. The Labute approximate surface area is 99.8 Å². The van der Waals surface area contributed by atoms with Gasteiger partial charge in [-0.15, -0.1) is 11.8 Å². The second kappa shape index (κ2) is 7.17. The van der Waals surface area contributed by atoms with E-state index in [4.69, 9.17) is 4.74 Å². The highest BCUT2D eigenvalue weighted by atomic mass is 32.2. The summed E-state index contributed by atoms with van der Waals surface area (Å²) in [6.45, 7) is 0.548. The third-order valence-corrected chi connectivity index (χ3v) is 2.85. The Balaban J connectivity index is 2.19. The summed E-state index contributed by atoms with van der Waals surface area (Å²) in [7, 11) is 0. The van der Waals surface area contributed by atoms with E-state index in [1.165, 1.54) is 4.90 Å². The average Bonchev–Trinajstić information content (AvgIpc) is 2.29. The SMILES string of the molecule is CSc1ccc(OCCCCC(=O)[O-])cc1. The van der Waals surface area contributed by atoms with Crippen molar-refractivity contribution in [3.05, 3.63) is 24.3 Å². The van der Waals surface area contributed by atoms with E-state index >= 15 is 0 Å². The molecule has 1 aromatic rings. The fourth-order valence-corrected chi connectivity index (χ4v) is 1.64. The fraction of sp³-hybridized carbons (Fsp3) is 0.417. The lowest BCUT2D eigenvalue weighted by Gasteiger charge is -2.06. The van der Waals surface area contributed by atoms with Gasteiger partial charge < -0.3 is 14.6 Å². The van der Waals surface area contributed by atoms with Gasteiger partial charge in [-0.1, -0.05) is 0 Å². The van der Waals surface area contributed by atoms with Crippen molar-refractivity contribution in [1.29, 1.82) is 0 Å². The molecule has 0 heterocycles. The number of unbranched alkanes of at least 4 members (excludes halogenated alkanes) is 1. The van der Waals surface area contributed by atoms with Crippen LogP contribution in [0.2, 0.25) is 0 Å². The van der Waals surface area contributed by atoms with Crippen molar-refractivity contribution < 1.29 is 14.6 Å². The van der Waals surface area contributed by atoms with Gasteiger partial charge in [-0.3, -0.25) is 0 Å². The molecular weight excluding hydrogens is 224 g/mol. The summed E-state index contributed by atoms with van der Waals surface area (Å²) in [5.41, 5.74) is 0. The Kier molecular flexibility index (Phi) is 5.78. The lowest BCUT2D eigenvalue weighted by molar-refractivity contribution is -0.305. The van der Waals surface area contributed by atoms with Crippen LogP contribution in [0.4, 0.5) is 0 Å². The number of carbonyl (C=O) groups is 1. The Morgan fingerprint density at radius 1 is 1.31 bits per heavy atom. The molecule has 0 amide bonds. The molecular formula is C12H15O3S-. The molecule has 0 saturated carbocycles. The van der Waals surface area contributed by atoms with Gasteiger partial charge in [0.25, 0.3) is 0 Å². The second-order valence-corrected chi connectivity index (χ2v) is 4.23. The number of carbonyl (C=O) groups excluding carboxylic acids is 1. The minimum absolute atomic E-state index is 0.106. The molecule has 0 bridgehead atoms. The molecule has 1 aromatic carbocycles. The number of benzene rings is 1. The van der Waals surface area contributed by atoms with Crippen LogP contribution in [0.25, 0.3) is 0 Å². The second-order valence-electron chi connectivity index (χ2n) is 3.35. The van der Waals surface area contributed by atoms with Crippen molar-refractivity contribution in [2.45, 2.75) is 24.2 Å². The molecule has 1 rings (SSSR count). The van der Waals surface area contributed by atoms with Crippen LogP contribution in [0.15, 0.2) is 29.2 Å². The monoisotopic (exact) mass is 239 g/mol. The Hall–Kier alpha value is -1.16. The molecule has 88 valence electrons. The largest absolute Gasteiger partial charge is 0.550 e. The Morgan fingerprint density at radius 3 is 2.56 bits per heavy atom. The van der Waals surface area contributed by atoms with Gasteiger partial charge in [0.05, 0.1) is 6.61 Å². The topological polar surface area (TPSA) is 49.4 Å². The highest BCUT2D eigenvalue weighted by molar-refractivity contribution is 7.98. The first-order chi connectivity index (χ1) is 7.72. The standard InChI is InChI=1S/C12H16O3S/c1-16-11-7-5-10(6-8-11)15-9-3-2-4-12(13)14/h5-8H,2-4,9H2,1H3,(H,13,14)/p-1. The summed E-state index contributed by atoms with van der Waals surface area (Å²) >= 11 is 1.68. The number of thioether (sulfide) groups is 1. The predicted molar refractivity (Wildman–Crippen MR) is 62.6 cm³/mol. The number of hydrogen-bond acceptors (Lipinski definition) is 4. The number of aliphatic carboxylic acids is 1. The van der Waals surface area contributed by atoms with Gasteiger partial charge in [-0.25, -0.2) is 0 Å². The smallest absolute Gasteiger partial charge is 0.119 e. The minimum atomic E-state index is -0.996. The van der Waals surface area contributed by atoms with Crippen molar-refractivity contribution in [1.82, 2.24) is 0 Å². The van der Waals surface area contributed by atoms with Crippen LogP contribution in [-0.4, -0.2) is 18.8 Å². The summed E-state index contributed by atoms with van der Waals surface area (Å²) in [4.78, 5) is 11.3. The van der Waals surface area contributed by atoms with E-state index in [0.29, 0.717) is 13.0 Å². The van der Waals surface area contributed by atoms with Crippen LogP contribution in [0.1, 0.15) is 19.3 Å². The number of rotatable bonds is 7. The maximum Gasteiger partial charge on any atom is 0.119 e. The number of hydrogen-bond donors (Lipinski definition) is 0. The fourth-order valence-electron chi connectivity index (χ4n) is 1.23. The van der Waals surface area contributed by atoms with Crippen LogP contribution in [0.3, 0.4) is 0 Å². The highest BCUT2D eigenvalue weighted by Crippen LogP contribution is 2.19. The molecule has 0 saturated heterocycles. The van der Waals surface area contributed by atoms with Crippen LogP contribution in [0.5, 0.6) is 5.75 Å². The zero-order valence-corrected chi connectivity index (χ0v) is 10.1. The minimum Gasteiger partial charge on any atom is -0.550 e. The zero-order chi connectivity index (χ0) is 11.8. The van der Waals surface area contributed by atoms with Crippen LogP contribution in [-0.2, 0) is 4.79 Å². The Morgan fingerprint density at radius 2 is 2.00 bits per heavy atom. The average molecular weight is 239 g/mol. The summed E-state index contributed by atoms with van der Waals surface area (Å²) in [6, 6.07) is 7.84. The van der Waals surface area contributed by atoms with Crippen molar-refractivity contribution in [3.8, 4) is 5.75 Å². The third-order valence-electron chi connectivity index (χ3n) is 2.10. The van der Waals surface area contributed by atoms with E-state index < -0.39 is 5.97 Å². The molecule has 0 fully saturated rings. The van der Waals surface area contributed by atoms with Gasteiger partial charge in [0.2, 0.25) is 0 Å². The molecule has 4 heteroatoms. The van der Waals surface area contributed by atoms with Gasteiger partial charge in [0.15, 0.2) is 0 Å². The van der Waals surface area contributed by atoms with Gasteiger partial charge in [-0.05, 0) is 49.8 Å². The normalized spacial score (nSPS) is 10.1. The van der Waals surface area contributed by atoms with E-state index in [-0.39, 0.29) is 6.42 Å². The van der Waals surface area contributed by atoms with Gasteiger partial charge >= 0.3 is 0 Å². The molecule has 3 nitrogen and oxygen atoms in total. The summed E-state index contributed by atoms with van der Waals surface area (Å²) in [5, 5.41) is 10.1. The molecule has 0 aliphatic rings. The summed E-state index contributed by atoms with van der Waals surface area (Å²) < 4.78 is 5.46. The van der Waals surface area contributed by atoms with Crippen LogP contribution >= 0.6 is 11.8 Å². The quantitative estimate of drug-likeness (QED) is 0.537. The molecule has 0 N–H and O–H groups in total. The van der Waals surface area contributed by atoms with Crippen molar-refractivity contribution in [2.75, 3.05) is 12.9 Å². The van der Waals surface area contributed by atoms with E-state index in [0.717, 1.165) is 12.2 Å².